The highest BCUT2D eigenvalue weighted by Gasteiger charge is 2.45. The SMILES string of the molecule is COCCCNC(=O)C(c1cccnc1)N(C(=O)C1CC(O)CN1C(=O)OC(C)(C)C)c1ccc(C(C)(C)C)cc1. The van der Waals surface area contributed by atoms with Crippen LogP contribution in [0.4, 0.5) is 10.5 Å². The summed E-state index contributed by atoms with van der Waals surface area (Å²) in [5.74, 6) is -0.901. The first-order chi connectivity index (χ1) is 19.2. The van der Waals surface area contributed by atoms with Gasteiger partial charge in [0.1, 0.15) is 17.7 Å². The van der Waals surface area contributed by atoms with E-state index in [1.54, 1.807) is 52.4 Å². The van der Waals surface area contributed by atoms with Gasteiger partial charge in [-0.2, -0.15) is 0 Å². The minimum atomic E-state index is -1.09. The first-order valence-electron chi connectivity index (χ1n) is 14.0. The molecule has 10 nitrogen and oxygen atoms in total. The molecule has 3 unspecified atom stereocenters. The molecule has 2 N–H and O–H groups in total. The standard InChI is InChI=1S/C31H44N4O6/c1-30(2,3)22-11-13-23(14-12-22)35(26(21-10-8-15-32-19-21)27(37)33-16-9-17-40-7)28(38)25-18-24(36)20-34(25)29(39)41-31(4,5)6/h8,10-15,19,24-26,36H,9,16-18,20H2,1-7H3,(H,33,37). The molecule has 2 aromatic rings. The van der Waals surface area contributed by atoms with E-state index < -0.39 is 41.7 Å². The monoisotopic (exact) mass is 568 g/mol. The van der Waals surface area contributed by atoms with Crippen LogP contribution in [0.2, 0.25) is 0 Å². The van der Waals surface area contributed by atoms with Crippen molar-refractivity contribution in [3.8, 4) is 0 Å². The first-order valence-corrected chi connectivity index (χ1v) is 14.0. The van der Waals surface area contributed by atoms with Crippen LogP contribution in [0.15, 0.2) is 48.8 Å². The molecule has 1 aromatic carbocycles. The number of likely N-dealkylation sites (tertiary alicyclic amines) is 1. The Kier molecular flexibility index (Phi) is 10.5. The molecule has 1 aromatic heterocycles. The number of rotatable bonds is 9. The summed E-state index contributed by atoms with van der Waals surface area (Å²) in [4.78, 5) is 48.3. The van der Waals surface area contributed by atoms with Crippen LogP contribution in [-0.4, -0.2) is 77.5 Å². The molecule has 1 saturated heterocycles. The average molecular weight is 569 g/mol. The van der Waals surface area contributed by atoms with Crippen molar-refractivity contribution < 1.29 is 29.0 Å². The fourth-order valence-corrected chi connectivity index (χ4v) is 4.74. The van der Waals surface area contributed by atoms with Crippen molar-refractivity contribution >= 4 is 23.6 Å². The summed E-state index contributed by atoms with van der Waals surface area (Å²) >= 11 is 0. The van der Waals surface area contributed by atoms with Crippen LogP contribution in [0, 0.1) is 0 Å². The lowest BCUT2D eigenvalue weighted by Crippen LogP contribution is -2.52. The third kappa shape index (κ3) is 8.50. The number of aromatic nitrogens is 1. The van der Waals surface area contributed by atoms with E-state index in [1.807, 2.05) is 24.3 Å². The number of β-amino-alcohol motifs (C(OH)–C–C–N with tert-alkyl or cyclic N) is 1. The van der Waals surface area contributed by atoms with Gasteiger partial charge in [-0.15, -0.1) is 0 Å². The molecular formula is C31H44N4O6. The Hall–Kier alpha value is -3.50. The zero-order chi connectivity index (χ0) is 30.4. The van der Waals surface area contributed by atoms with Gasteiger partial charge >= 0.3 is 6.09 Å². The van der Waals surface area contributed by atoms with Crippen molar-refractivity contribution in [2.75, 3.05) is 31.7 Å². The number of benzene rings is 1. The number of ether oxygens (including phenoxy) is 2. The van der Waals surface area contributed by atoms with Crippen LogP contribution in [0.1, 0.15) is 71.6 Å². The summed E-state index contributed by atoms with van der Waals surface area (Å²) in [5, 5.41) is 13.5. The third-order valence-corrected chi connectivity index (χ3v) is 6.77. The van der Waals surface area contributed by atoms with Gasteiger partial charge in [0.25, 0.3) is 5.91 Å². The van der Waals surface area contributed by atoms with E-state index in [9.17, 15) is 19.5 Å². The molecule has 10 heteroatoms. The highest BCUT2D eigenvalue weighted by atomic mass is 16.6. The molecule has 41 heavy (non-hydrogen) atoms. The molecule has 1 fully saturated rings. The molecular weight excluding hydrogens is 524 g/mol. The van der Waals surface area contributed by atoms with Crippen LogP contribution in [0.3, 0.4) is 0 Å². The largest absolute Gasteiger partial charge is 0.444 e. The van der Waals surface area contributed by atoms with E-state index in [1.165, 1.54) is 9.80 Å². The van der Waals surface area contributed by atoms with Gasteiger partial charge in [0.05, 0.1) is 12.6 Å². The maximum atomic E-state index is 14.5. The number of methoxy groups -OCH3 is 1. The van der Waals surface area contributed by atoms with Gasteiger partial charge in [0.2, 0.25) is 5.91 Å². The number of carbonyl (C=O) groups excluding carboxylic acids is 3. The van der Waals surface area contributed by atoms with Crippen molar-refractivity contribution in [2.24, 2.45) is 0 Å². The number of aliphatic hydroxyl groups excluding tert-OH is 1. The molecule has 0 saturated carbocycles. The number of hydrogen-bond acceptors (Lipinski definition) is 7. The number of aliphatic hydroxyl groups is 1. The number of carbonyl (C=O) groups is 3. The molecule has 224 valence electrons. The maximum Gasteiger partial charge on any atom is 0.411 e. The van der Waals surface area contributed by atoms with E-state index in [4.69, 9.17) is 9.47 Å². The van der Waals surface area contributed by atoms with Gasteiger partial charge in [-0.3, -0.25) is 24.4 Å². The third-order valence-electron chi connectivity index (χ3n) is 6.77. The predicted octanol–water partition coefficient (Wildman–Crippen LogP) is 3.98. The van der Waals surface area contributed by atoms with Crippen LogP contribution in [0.25, 0.3) is 0 Å². The smallest absolute Gasteiger partial charge is 0.411 e. The Morgan fingerprint density at radius 3 is 2.37 bits per heavy atom. The second kappa shape index (κ2) is 13.4. The van der Waals surface area contributed by atoms with Crippen LogP contribution < -0.4 is 10.2 Å². The fraction of sp³-hybridized carbons (Fsp3) is 0.548. The predicted molar refractivity (Wildman–Crippen MR) is 156 cm³/mol. The Morgan fingerprint density at radius 2 is 1.80 bits per heavy atom. The lowest BCUT2D eigenvalue weighted by Gasteiger charge is -2.36. The molecule has 3 amide bonds. The van der Waals surface area contributed by atoms with Gasteiger partial charge < -0.3 is 19.9 Å². The van der Waals surface area contributed by atoms with E-state index in [-0.39, 0.29) is 18.4 Å². The summed E-state index contributed by atoms with van der Waals surface area (Å²) in [6, 6.07) is 8.80. The van der Waals surface area contributed by atoms with E-state index in [2.05, 4.69) is 31.1 Å². The van der Waals surface area contributed by atoms with Crippen LogP contribution >= 0.6 is 0 Å². The highest BCUT2D eigenvalue weighted by Crippen LogP contribution is 2.33. The molecule has 3 rings (SSSR count). The van der Waals surface area contributed by atoms with E-state index in [0.717, 1.165) is 5.56 Å². The lowest BCUT2D eigenvalue weighted by molar-refractivity contribution is -0.128. The molecule has 0 spiro atoms. The van der Waals surface area contributed by atoms with Gasteiger partial charge in [-0.05, 0) is 56.4 Å². The number of pyridine rings is 1. The number of amides is 3. The summed E-state index contributed by atoms with van der Waals surface area (Å²) in [7, 11) is 1.59. The molecule has 0 bridgehead atoms. The van der Waals surface area contributed by atoms with Crippen LogP contribution in [-0.2, 0) is 24.5 Å². The molecule has 0 aliphatic carbocycles. The number of anilines is 1. The number of nitrogens with zero attached hydrogens (tertiary/aromatic N) is 3. The Morgan fingerprint density at radius 1 is 1.12 bits per heavy atom. The minimum Gasteiger partial charge on any atom is -0.444 e. The zero-order valence-corrected chi connectivity index (χ0v) is 25.2. The highest BCUT2D eigenvalue weighted by molar-refractivity contribution is 6.04. The maximum absolute atomic E-state index is 14.5. The summed E-state index contributed by atoms with van der Waals surface area (Å²) < 4.78 is 10.7. The van der Waals surface area contributed by atoms with Crippen LogP contribution in [0.5, 0.6) is 0 Å². The zero-order valence-electron chi connectivity index (χ0n) is 25.2. The normalized spacial score (nSPS) is 18.1. The molecule has 1 aliphatic heterocycles. The topological polar surface area (TPSA) is 121 Å². The van der Waals surface area contributed by atoms with Gasteiger partial charge in [-0.1, -0.05) is 39.0 Å². The fourth-order valence-electron chi connectivity index (χ4n) is 4.74. The summed E-state index contributed by atoms with van der Waals surface area (Å²) in [5.41, 5.74) is 1.13. The Labute approximate surface area is 243 Å². The first kappa shape index (κ1) is 32.0. The van der Waals surface area contributed by atoms with Gasteiger partial charge in [-0.25, -0.2) is 4.79 Å². The molecule has 1 aliphatic rings. The molecule has 2 heterocycles. The number of hydrogen-bond donors (Lipinski definition) is 2. The van der Waals surface area contributed by atoms with E-state index in [0.29, 0.717) is 30.8 Å². The van der Waals surface area contributed by atoms with Gasteiger partial charge in [0.15, 0.2) is 0 Å². The van der Waals surface area contributed by atoms with Gasteiger partial charge in [0, 0.05) is 50.3 Å². The lowest BCUT2D eigenvalue weighted by atomic mass is 9.87. The van der Waals surface area contributed by atoms with Crippen molar-refractivity contribution in [3.05, 3.63) is 59.9 Å². The Balaban J connectivity index is 2.10. The van der Waals surface area contributed by atoms with Crippen molar-refractivity contribution in [2.45, 2.75) is 83.6 Å². The van der Waals surface area contributed by atoms with E-state index >= 15 is 0 Å². The van der Waals surface area contributed by atoms with Crippen molar-refractivity contribution in [1.82, 2.24) is 15.2 Å². The summed E-state index contributed by atoms with van der Waals surface area (Å²) in [6.07, 6.45) is 2.15. The van der Waals surface area contributed by atoms with Crippen molar-refractivity contribution in [3.63, 3.8) is 0 Å². The van der Waals surface area contributed by atoms with Crippen molar-refractivity contribution in [1.29, 1.82) is 0 Å². The average Bonchev–Trinajstić information content (AvgIpc) is 3.30. The quantitative estimate of drug-likeness (QED) is 0.439. The molecule has 3 atom stereocenters. The second-order valence-corrected chi connectivity index (χ2v) is 12.4. The summed E-state index contributed by atoms with van der Waals surface area (Å²) in [6.45, 7) is 12.3. The molecule has 0 radical (unpaired) electrons. The Bertz CT molecular complexity index is 1170. The second-order valence-electron chi connectivity index (χ2n) is 12.4. The number of nitrogens with one attached hydrogen (secondary N) is 1. The minimum absolute atomic E-state index is 0.0177.